The van der Waals surface area contributed by atoms with E-state index in [-0.39, 0.29) is 11.6 Å². The number of hydrogen-bond acceptors (Lipinski definition) is 5. The van der Waals surface area contributed by atoms with Crippen LogP contribution in [0, 0.1) is 5.41 Å². The zero-order chi connectivity index (χ0) is 15.5. The van der Waals surface area contributed by atoms with Gasteiger partial charge in [0.25, 0.3) is 0 Å². The fraction of sp³-hybridized carbons (Fsp3) is 0.688. The minimum Gasteiger partial charge on any atom is -0.384 e. The molecule has 1 unspecified atom stereocenters. The van der Waals surface area contributed by atoms with E-state index in [1.54, 1.807) is 13.3 Å². The molecule has 1 aliphatic carbocycles. The molecule has 2 rings (SSSR count). The van der Waals surface area contributed by atoms with Gasteiger partial charge in [-0.2, -0.15) is 0 Å². The Labute approximate surface area is 127 Å². The van der Waals surface area contributed by atoms with Crippen molar-refractivity contribution in [2.75, 3.05) is 12.8 Å². The van der Waals surface area contributed by atoms with E-state index in [9.17, 15) is 0 Å². The molecule has 5 N–H and O–H groups in total. The van der Waals surface area contributed by atoms with Crippen molar-refractivity contribution in [2.24, 2.45) is 11.3 Å². The lowest BCUT2D eigenvalue weighted by Gasteiger charge is -2.47. The first-order chi connectivity index (χ1) is 9.91. The molecule has 0 saturated heterocycles. The Morgan fingerprint density at radius 1 is 1.33 bits per heavy atom. The van der Waals surface area contributed by atoms with Crippen LogP contribution in [0.5, 0.6) is 0 Å². The summed E-state index contributed by atoms with van der Waals surface area (Å²) in [6.07, 6.45) is 6.87. The normalized spacial score (nSPS) is 21.9. The Morgan fingerprint density at radius 2 is 2.00 bits per heavy atom. The number of nitrogens with one attached hydrogen (secondary N) is 1. The minimum atomic E-state index is -0.206. The van der Waals surface area contributed by atoms with E-state index >= 15 is 0 Å². The number of pyridine rings is 1. The molecule has 0 aliphatic heterocycles. The number of methoxy groups -OCH3 is 1. The molecule has 0 aromatic carbocycles. The fourth-order valence-electron chi connectivity index (χ4n) is 3.30. The highest BCUT2D eigenvalue weighted by atomic mass is 16.5. The molecule has 1 aromatic rings. The van der Waals surface area contributed by atoms with Gasteiger partial charge in [0, 0.05) is 13.3 Å². The summed E-state index contributed by atoms with van der Waals surface area (Å²) >= 11 is 0. The van der Waals surface area contributed by atoms with Crippen molar-refractivity contribution in [2.45, 2.75) is 57.6 Å². The Morgan fingerprint density at radius 3 is 2.52 bits per heavy atom. The van der Waals surface area contributed by atoms with Gasteiger partial charge >= 0.3 is 0 Å². The maximum atomic E-state index is 5.94. The molecule has 0 radical (unpaired) electrons. The molecule has 118 valence electrons. The van der Waals surface area contributed by atoms with E-state index in [1.165, 1.54) is 0 Å². The lowest BCUT2D eigenvalue weighted by molar-refractivity contribution is -0.0862. The van der Waals surface area contributed by atoms with E-state index in [2.05, 4.69) is 24.3 Å². The third-order valence-electron chi connectivity index (χ3n) is 4.98. The van der Waals surface area contributed by atoms with Crippen LogP contribution in [0.4, 0.5) is 5.82 Å². The highest BCUT2D eigenvalue weighted by molar-refractivity contribution is 5.32. The van der Waals surface area contributed by atoms with Gasteiger partial charge in [-0.3, -0.25) is 11.3 Å². The number of nitrogens with zero attached hydrogens (tertiary/aromatic N) is 1. The highest BCUT2D eigenvalue weighted by Gasteiger charge is 2.43. The average molecular weight is 292 g/mol. The Bertz CT molecular complexity index is 465. The third kappa shape index (κ3) is 3.73. The Kier molecular flexibility index (Phi) is 4.86. The summed E-state index contributed by atoms with van der Waals surface area (Å²) < 4.78 is 5.94. The predicted molar refractivity (Wildman–Crippen MR) is 85.5 cm³/mol. The van der Waals surface area contributed by atoms with Crippen molar-refractivity contribution in [3.05, 3.63) is 23.9 Å². The van der Waals surface area contributed by atoms with Crippen molar-refractivity contribution in [3.8, 4) is 0 Å². The van der Waals surface area contributed by atoms with Gasteiger partial charge < -0.3 is 10.5 Å². The second kappa shape index (κ2) is 6.30. The van der Waals surface area contributed by atoms with Crippen molar-refractivity contribution >= 4 is 5.82 Å². The number of anilines is 1. The average Bonchev–Trinajstić information content (AvgIpc) is 2.46. The van der Waals surface area contributed by atoms with Crippen LogP contribution in [0.3, 0.4) is 0 Å². The predicted octanol–water partition coefficient (Wildman–Crippen LogP) is 2.02. The van der Waals surface area contributed by atoms with Crippen LogP contribution in [-0.2, 0) is 11.2 Å². The number of ether oxygens (including phenoxy) is 1. The lowest BCUT2D eigenvalue weighted by atomic mass is 9.67. The van der Waals surface area contributed by atoms with Gasteiger partial charge in [-0.1, -0.05) is 13.8 Å². The van der Waals surface area contributed by atoms with Gasteiger partial charge in [-0.05, 0) is 55.2 Å². The quantitative estimate of drug-likeness (QED) is 0.571. The van der Waals surface area contributed by atoms with Crippen LogP contribution in [0.1, 0.15) is 45.1 Å². The van der Waals surface area contributed by atoms with E-state index < -0.39 is 0 Å². The maximum absolute atomic E-state index is 5.94. The first-order valence-electron chi connectivity index (χ1n) is 7.62. The number of rotatable bonds is 5. The summed E-state index contributed by atoms with van der Waals surface area (Å²) in [5.41, 5.74) is 10.1. The highest BCUT2D eigenvalue weighted by Crippen LogP contribution is 2.43. The summed E-state index contributed by atoms with van der Waals surface area (Å²) in [6.45, 7) is 4.64. The van der Waals surface area contributed by atoms with Gasteiger partial charge in [-0.15, -0.1) is 0 Å². The third-order valence-corrected chi connectivity index (χ3v) is 4.98. The smallest absolute Gasteiger partial charge is 0.123 e. The molecule has 1 aromatic heterocycles. The summed E-state index contributed by atoms with van der Waals surface area (Å²) in [6, 6.07) is 3.96. The number of aromatic nitrogens is 1. The molecule has 1 fully saturated rings. The molecule has 5 nitrogen and oxygen atoms in total. The van der Waals surface area contributed by atoms with E-state index in [4.69, 9.17) is 16.3 Å². The number of hydrazine groups is 1. The Hall–Kier alpha value is -1.17. The molecule has 1 atom stereocenters. The van der Waals surface area contributed by atoms with Crippen molar-refractivity contribution in [3.63, 3.8) is 0 Å². The zero-order valence-corrected chi connectivity index (χ0v) is 13.4. The van der Waals surface area contributed by atoms with Gasteiger partial charge in [0.1, 0.15) is 5.82 Å². The standard InChI is InChI=1S/C16H28N4O/c1-15(2)5-7-16(21-3,8-6-15)13(20-18)10-12-4-9-19-14(17)11-12/h4,9,11,13,20H,5-8,10,18H2,1-3H3,(H2,17,19). The summed E-state index contributed by atoms with van der Waals surface area (Å²) in [4.78, 5) is 4.04. The maximum Gasteiger partial charge on any atom is 0.123 e. The molecule has 21 heavy (non-hydrogen) atoms. The molecule has 1 saturated carbocycles. The largest absolute Gasteiger partial charge is 0.384 e. The van der Waals surface area contributed by atoms with Gasteiger partial charge in [0.05, 0.1) is 11.6 Å². The van der Waals surface area contributed by atoms with Gasteiger partial charge in [0.15, 0.2) is 0 Å². The fourth-order valence-corrected chi connectivity index (χ4v) is 3.30. The molecule has 1 aliphatic rings. The first-order valence-corrected chi connectivity index (χ1v) is 7.62. The molecular weight excluding hydrogens is 264 g/mol. The molecule has 0 spiro atoms. The summed E-state index contributed by atoms with van der Waals surface area (Å²) in [5, 5.41) is 0. The van der Waals surface area contributed by atoms with Crippen LogP contribution in [0.25, 0.3) is 0 Å². The van der Waals surface area contributed by atoms with Crippen LogP contribution < -0.4 is 17.0 Å². The number of nitrogens with two attached hydrogens (primary N) is 2. The summed E-state index contributed by atoms with van der Waals surface area (Å²) in [5.74, 6) is 6.38. The minimum absolute atomic E-state index is 0.0698. The summed E-state index contributed by atoms with van der Waals surface area (Å²) in [7, 11) is 1.80. The van der Waals surface area contributed by atoms with Gasteiger partial charge in [-0.25, -0.2) is 4.98 Å². The first kappa shape index (κ1) is 16.2. The second-order valence-corrected chi connectivity index (χ2v) is 6.95. The molecule has 0 bridgehead atoms. The topological polar surface area (TPSA) is 86.2 Å². The van der Waals surface area contributed by atoms with E-state index in [0.29, 0.717) is 11.2 Å². The van der Waals surface area contributed by atoms with Crippen molar-refractivity contribution in [1.82, 2.24) is 10.4 Å². The molecule has 1 heterocycles. The van der Waals surface area contributed by atoms with Crippen LogP contribution in [0.2, 0.25) is 0 Å². The second-order valence-electron chi connectivity index (χ2n) is 6.95. The zero-order valence-electron chi connectivity index (χ0n) is 13.4. The molecular formula is C16H28N4O. The number of hydrogen-bond donors (Lipinski definition) is 3. The molecule has 5 heteroatoms. The van der Waals surface area contributed by atoms with Crippen LogP contribution >= 0.6 is 0 Å². The molecule has 0 amide bonds. The van der Waals surface area contributed by atoms with Crippen LogP contribution in [0.15, 0.2) is 18.3 Å². The van der Waals surface area contributed by atoms with Gasteiger partial charge in [0.2, 0.25) is 0 Å². The lowest BCUT2D eigenvalue weighted by Crippen LogP contribution is -2.57. The van der Waals surface area contributed by atoms with E-state index in [1.807, 2.05) is 12.1 Å². The monoisotopic (exact) mass is 292 g/mol. The van der Waals surface area contributed by atoms with E-state index in [0.717, 1.165) is 37.7 Å². The van der Waals surface area contributed by atoms with Crippen LogP contribution in [-0.4, -0.2) is 23.7 Å². The Balaban J connectivity index is 2.14. The van der Waals surface area contributed by atoms with Crippen molar-refractivity contribution < 1.29 is 4.74 Å². The SMILES string of the molecule is COC1(C(Cc2ccnc(N)c2)NN)CCC(C)(C)CC1. The van der Waals surface area contributed by atoms with Crippen molar-refractivity contribution in [1.29, 1.82) is 0 Å². The number of nitrogen functional groups attached to an aromatic ring is 1.